The predicted molar refractivity (Wildman–Crippen MR) is 76.6 cm³/mol. The van der Waals surface area contributed by atoms with Crippen LogP contribution in [0.25, 0.3) is 0 Å². The minimum Gasteiger partial charge on any atom is -0.462 e. The molecule has 2 bridgehead atoms. The number of hydrogen-bond donors (Lipinski definition) is 2. The summed E-state index contributed by atoms with van der Waals surface area (Å²) in [4.78, 5) is 14.0. The van der Waals surface area contributed by atoms with E-state index in [1.165, 1.54) is 0 Å². The first-order chi connectivity index (χ1) is 10.1. The molecule has 2 unspecified atom stereocenters. The maximum atomic E-state index is 12.0. The van der Waals surface area contributed by atoms with Gasteiger partial charge in [-0.15, -0.1) is 0 Å². The molecule has 5 atom stereocenters. The van der Waals surface area contributed by atoms with Crippen molar-refractivity contribution in [2.75, 3.05) is 7.05 Å². The Morgan fingerprint density at radius 2 is 1.76 bits per heavy atom. The highest BCUT2D eigenvalue weighted by atomic mass is 16.5. The summed E-state index contributed by atoms with van der Waals surface area (Å²) >= 11 is 0. The molecule has 0 amide bonds. The number of carbonyl (C=O) groups excluding carboxylic acids is 1. The van der Waals surface area contributed by atoms with Gasteiger partial charge in [-0.2, -0.15) is 0 Å². The third-order valence-corrected chi connectivity index (χ3v) is 4.68. The first kappa shape index (κ1) is 14.5. The lowest BCUT2D eigenvalue weighted by Crippen LogP contribution is -2.46. The summed E-state index contributed by atoms with van der Waals surface area (Å²) in [6.07, 6.45) is -0.319. The van der Waals surface area contributed by atoms with Gasteiger partial charge in [0.2, 0.25) is 0 Å². The molecule has 2 fully saturated rings. The van der Waals surface area contributed by atoms with Crippen molar-refractivity contribution in [3.8, 4) is 0 Å². The molecule has 1 aromatic rings. The molecule has 2 aliphatic heterocycles. The fourth-order valence-electron chi connectivity index (χ4n) is 3.52. The van der Waals surface area contributed by atoms with E-state index in [9.17, 15) is 15.0 Å². The maximum absolute atomic E-state index is 12.0. The molecule has 5 heteroatoms. The summed E-state index contributed by atoms with van der Waals surface area (Å²) in [5.74, 6) is -0.251. The van der Waals surface area contributed by atoms with Gasteiger partial charge in [-0.25, -0.2) is 0 Å². The Bertz CT molecular complexity index is 480. The number of carbonyl (C=O) groups is 1. The number of hydrogen-bond acceptors (Lipinski definition) is 5. The quantitative estimate of drug-likeness (QED) is 0.786. The van der Waals surface area contributed by atoms with Crippen LogP contribution in [0.1, 0.15) is 18.4 Å². The monoisotopic (exact) mass is 291 g/mol. The Morgan fingerprint density at radius 3 is 2.33 bits per heavy atom. The molecule has 0 aliphatic carbocycles. The molecule has 114 valence electrons. The standard InChI is InChI=1S/C16H21NO4/c1-17-12-8-11(9-13(17)16(20)15(12)19)21-14(18)7-10-5-3-2-4-6-10/h2-6,11-13,15-16,19-20H,7-9H2,1H3/t11-,12?,13?,15-,16+. The Balaban J connectivity index is 1.59. The van der Waals surface area contributed by atoms with Crippen molar-refractivity contribution in [3.63, 3.8) is 0 Å². The SMILES string of the molecule is CN1C2C[C@@H](OC(=O)Cc3ccccc3)CC1[C@H](O)[C@@H]2O. The molecule has 5 nitrogen and oxygen atoms in total. The van der Waals surface area contributed by atoms with E-state index in [4.69, 9.17) is 4.74 Å². The van der Waals surface area contributed by atoms with Gasteiger partial charge in [-0.05, 0) is 12.6 Å². The molecule has 2 aliphatic rings. The van der Waals surface area contributed by atoms with Crippen LogP contribution in [0, 0.1) is 0 Å². The molecule has 0 spiro atoms. The number of likely N-dealkylation sites (N-methyl/N-ethyl adjacent to an activating group) is 1. The minimum atomic E-state index is -0.752. The largest absolute Gasteiger partial charge is 0.462 e. The number of nitrogens with zero attached hydrogens (tertiary/aromatic N) is 1. The van der Waals surface area contributed by atoms with Gasteiger partial charge in [0.1, 0.15) is 6.10 Å². The van der Waals surface area contributed by atoms with E-state index in [-0.39, 0.29) is 30.6 Å². The zero-order valence-electron chi connectivity index (χ0n) is 12.1. The predicted octanol–water partition coefficient (Wildman–Crippen LogP) is 0.339. The molecule has 3 rings (SSSR count). The van der Waals surface area contributed by atoms with E-state index < -0.39 is 12.2 Å². The van der Waals surface area contributed by atoms with Crippen molar-refractivity contribution in [1.82, 2.24) is 4.90 Å². The van der Waals surface area contributed by atoms with Gasteiger partial charge in [-0.1, -0.05) is 30.3 Å². The lowest BCUT2D eigenvalue weighted by molar-refractivity contribution is -0.152. The Labute approximate surface area is 124 Å². The van der Waals surface area contributed by atoms with Crippen LogP contribution in [-0.2, 0) is 16.0 Å². The summed E-state index contributed by atoms with van der Waals surface area (Å²) in [6, 6.07) is 9.23. The topological polar surface area (TPSA) is 70.0 Å². The summed E-state index contributed by atoms with van der Waals surface area (Å²) in [7, 11) is 1.90. The van der Waals surface area contributed by atoms with Crippen molar-refractivity contribution in [2.45, 2.75) is 49.7 Å². The lowest BCUT2D eigenvalue weighted by Gasteiger charge is -2.35. The first-order valence-corrected chi connectivity index (χ1v) is 7.37. The smallest absolute Gasteiger partial charge is 0.310 e. The van der Waals surface area contributed by atoms with E-state index in [1.54, 1.807) is 0 Å². The van der Waals surface area contributed by atoms with E-state index in [0.717, 1.165) is 5.56 Å². The lowest BCUT2D eigenvalue weighted by atomic mass is 10.00. The molecule has 2 saturated heterocycles. The van der Waals surface area contributed by atoms with Gasteiger partial charge >= 0.3 is 5.97 Å². The van der Waals surface area contributed by atoms with E-state index in [0.29, 0.717) is 12.8 Å². The number of rotatable bonds is 3. The molecular formula is C16H21NO4. The van der Waals surface area contributed by atoms with Crippen molar-refractivity contribution < 1.29 is 19.7 Å². The number of aliphatic hydroxyl groups excluding tert-OH is 2. The van der Waals surface area contributed by atoms with E-state index in [2.05, 4.69) is 0 Å². The molecule has 1 aromatic carbocycles. The average Bonchev–Trinajstić information content (AvgIpc) is 2.60. The summed E-state index contributed by atoms with van der Waals surface area (Å²) in [6.45, 7) is 0. The van der Waals surface area contributed by atoms with Crippen molar-refractivity contribution in [1.29, 1.82) is 0 Å². The number of fused-ring (bicyclic) bond motifs is 2. The van der Waals surface area contributed by atoms with Crippen LogP contribution < -0.4 is 0 Å². The van der Waals surface area contributed by atoms with Crippen LogP contribution in [0.4, 0.5) is 0 Å². The molecule has 21 heavy (non-hydrogen) atoms. The second-order valence-electron chi connectivity index (χ2n) is 6.03. The second kappa shape index (κ2) is 5.75. The molecule has 2 N–H and O–H groups in total. The Kier molecular flexibility index (Phi) is 3.97. The van der Waals surface area contributed by atoms with Crippen molar-refractivity contribution in [2.24, 2.45) is 0 Å². The molecule has 2 heterocycles. The van der Waals surface area contributed by atoms with Crippen molar-refractivity contribution >= 4 is 5.97 Å². The summed E-state index contributed by atoms with van der Waals surface area (Å²) in [5, 5.41) is 20.0. The highest BCUT2D eigenvalue weighted by Gasteiger charge is 2.51. The van der Waals surface area contributed by atoms with E-state index in [1.807, 2.05) is 42.3 Å². The number of piperidine rings is 1. The highest BCUT2D eigenvalue weighted by Crippen LogP contribution is 2.36. The average molecular weight is 291 g/mol. The van der Waals surface area contributed by atoms with Gasteiger partial charge < -0.3 is 14.9 Å². The number of benzene rings is 1. The summed E-state index contributed by atoms with van der Waals surface area (Å²) < 4.78 is 5.53. The number of aliphatic hydroxyl groups is 2. The zero-order chi connectivity index (χ0) is 15.0. The fourth-order valence-corrected chi connectivity index (χ4v) is 3.52. The Hall–Kier alpha value is -1.43. The van der Waals surface area contributed by atoms with Gasteiger partial charge in [-0.3, -0.25) is 9.69 Å². The van der Waals surface area contributed by atoms with Gasteiger partial charge in [0, 0.05) is 24.9 Å². The second-order valence-corrected chi connectivity index (χ2v) is 6.03. The third kappa shape index (κ3) is 2.81. The van der Waals surface area contributed by atoms with Crippen LogP contribution in [0.2, 0.25) is 0 Å². The Morgan fingerprint density at radius 1 is 1.19 bits per heavy atom. The maximum Gasteiger partial charge on any atom is 0.310 e. The highest BCUT2D eigenvalue weighted by molar-refractivity contribution is 5.72. The van der Waals surface area contributed by atoms with E-state index >= 15 is 0 Å². The zero-order valence-corrected chi connectivity index (χ0v) is 12.1. The van der Waals surface area contributed by atoms with Crippen LogP contribution >= 0.6 is 0 Å². The molecular weight excluding hydrogens is 270 g/mol. The number of ether oxygens (including phenoxy) is 1. The van der Waals surface area contributed by atoms with Crippen LogP contribution in [0.15, 0.2) is 30.3 Å². The molecule has 0 saturated carbocycles. The van der Waals surface area contributed by atoms with Crippen LogP contribution in [-0.4, -0.2) is 58.5 Å². The fraction of sp³-hybridized carbons (Fsp3) is 0.562. The number of esters is 1. The third-order valence-electron chi connectivity index (χ3n) is 4.68. The molecule has 0 aromatic heterocycles. The minimum absolute atomic E-state index is 0.131. The first-order valence-electron chi connectivity index (χ1n) is 7.37. The van der Waals surface area contributed by atoms with Crippen LogP contribution in [0.3, 0.4) is 0 Å². The molecule has 0 radical (unpaired) electrons. The van der Waals surface area contributed by atoms with Gasteiger partial charge in [0.25, 0.3) is 0 Å². The summed E-state index contributed by atoms with van der Waals surface area (Å²) in [5.41, 5.74) is 0.929. The van der Waals surface area contributed by atoms with Gasteiger partial charge in [0.05, 0.1) is 18.6 Å². The van der Waals surface area contributed by atoms with Crippen molar-refractivity contribution in [3.05, 3.63) is 35.9 Å². The normalized spacial score (nSPS) is 35.7. The van der Waals surface area contributed by atoms with Crippen LogP contribution in [0.5, 0.6) is 0 Å². The van der Waals surface area contributed by atoms with Gasteiger partial charge in [0.15, 0.2) is 0 Å².